The summed E-state index contributed by atoms with van der Waals surface area (Å²) in [4.78, 5) is 48.0. The molecule has 2 aliphatic heterocycles. The number of fused-ring (bicyclic) bond motifs is 2. The largest absolute Gasteiger partial charge is 0.543 e. The molecule has 0 bridgehead atoms. The maximum Gasteiger partial charge on any atom is 0.276 e. The molecule has 3 aromatic rings. The summed E-state index contributed by atoms with van der Waals surface area (Å²) in [6.45, 7) is 0.168. The highest BCUT2D eigenvalue weighted by molar-refractivity contribution is 8.00. The maximum absolute atomic E-state index is 13.0. The van der Waals surface area contributed by atoms with Gasteiger partial charge in [-0.05, 0) is 12.1 Å². The number of nitrogens with two attached hydrogens (primary N) is 1. The molecule has 0 saturated carbocycles. The Bertz CT molecular complexity index is 1460. The molecule has 3 N–H and O–H groups in total. The SMILES string of the molecule is CO/N=C(\C(=O)N[C@@H]1C(=O)N2C(C(=O)[O-])=C(Cn3n[n+](C)c4ccccc43)CS[C@H]12)c1csc(N)n1. The third-order valence-corrected chi connectivity index (χ3v) is 7.79. The van der Waals surface area contributed by atoms with Crippen molar-refractivity contribution in [1.29, 1.82) is 0 Å². The van der Waals surface area contributed by atoms with E-state index in [9.17, 15) is 19.5 Å². The summed E-state index contributed by atoms with van der Waals surface area (Å²) in [5.74, 6) is -2.42. The van der Waals surface area contributed by atoms with E-state index in [1.54, 1.807) is 21.8 Å². The van der Waals surface area contributed by atoms with Gasteiger partial charge in [0.25, 0.3) is 11.8 Å². The number of aromatic nitrogens is 4. The number of nitrogen functional groups attached to an aromatic ring is 1. The van der Waals surface area contributed by atoms with Gasteiger partial charge < -0.3 is 25.8 Å². The smallest absolute Gasteiger partial charge is 0.276 e. The van der Waals surface area contributed by atoms with Gasteiger partial charge in [0.15, 0.2) is 21.9 Å². The average Bonchev–Trinajstić information content (AvgIpc) is 3.43. The molecule has 15 heteroatoms. The van der Waals surface area contributed by atoms with Gasteiger partial charge in [-0.15, -0.1) is 32.5 Å². The van der Waals surface area contributed by atoms with Crippen LogP contribution in [0.4, 0.5) is 5.13 Å². The van der Waals surface area contributed by atoms with Crippen molar-refractivity contribution in [3.63, 3.8) is 0 Å². The van der Waals surface area contributed by atoms with Gasteiger partial charge in [0.05, 0.1) is 16.9 Å². The van der Waals surface area contributed by atoms with Crippen LogP contribution >= 0.6 is 23.1 Å². The number of nitrogens with one attached hydrogen (secondary N) is 1. The number of thiazole rings is 1. The van der Waals surface area contributed by atoms with Crippen LogP contribution in [0.3, 0.4) is 0 Å². The number of benzene rings is 1. The number of carbonyl (C=O) groups is 3. The van der Waals surface area contributed by atoms with E-state index in [1.165, 1.54) is 18.9 Å². The first-order valence-corrected chi connectivity index (χ1v) is 12.6. The van der Waals surface area contributed by atoms with E-state index in [0.717, 1.165) is 27.3 Å². The molecule has 4 heterocycles. The lowest BCUT2D eigenvalue weighted by Crippen LogP contribution is -2.71. The Hall–Kier alpha value is -3.98. The molecule has 1 fully saturated rings. The minimum absolute atomic E-state index is 0.146. The topological polar surface area (TPSA) is 172 Å². The molecular weight excluding hydrogens is 508 g/mol. The number of aliphatic carboxylic acids is 1. The molecule has 2 atom stereocenters. The van der Waals surface area contributed by atoms with Gasteiger partial charge in [0.2, 0.25) is 0 Å². The monoisotopic (exact) mass is 528 g/mol. The summed E-state index contributed by atoms with van der Waals surface area (Å²) >= 11 is 2.47. The van der Waals surface area contributed by atoms with Gasteiger partial charge in [-0.25, -0.2) is 4.98 Å². The van der Waals surface area contributed by atoms with Crippen LogP contribution in [-0.2, 0) is 32.8 Å². The third kappa shape index (κ3) is 3.95. The number of thioether (sulfide) groups is 1. The average molecular weight is 529 g/mol. The van der Waals surface area contributed by atoms with E-state index in [1.807, 2.05) is 24.3 Å². The number of anilines is 1. The number of carboxylic acids is 1. The zero-order chi connectivity index (χ0) is 25.6. The van der Waals surface area contributed by atoms with Crippen molar-refractivity contribution in [3.8, 4) is 0 Å². The Morgan fingerprint density at radius 2 is 2.17 bits per heavy atom. The van der Waals surface area contributed by atoms with Gasteiger partial charge in [-0.1, -0.05) is 17.3 Å². The van der Waals surface area contributed by atoms with Gasteiger partial charge in [0.1, 0.15) is 37.8 Å². The van der Waals surface area contributed by atoms with Crippen LogP contribution in [0, 0.1) is 0 Å². The van der Waals surface area contributed by atoms with Crippen LogP contribution in [0.5, 0.6) is 0 Å². The minimum atomic E-state index is -1.46. The molecular formula is C21H20N8O5S2. The summed E-state index contributed by atoms with van der Waals surface area (Å²) in [5.41, 5.74) is 7.70. The highest BCUT2D eigenvalue weighted by atomic mass is 32.2. The molecule has 0 unspecified atom stereocenters. The Morgan fingerprint density at radius 3 is 2.86 bits per heavy atom. The first kappa shape index (κ1) is 23.7. The highest BCUT2D eigenvalue weighted by Crippen LogP contribution is 2.40. The molecule has 36 heavy (non-hydrogen) atoms. The predicted molar refractivity (Wildman–Crippen MR) is 128 cm³/mol. The fourth-order valence-electron chi connectivity index (χ4n) is 4.21. The van der Waals surface area contributed by atoms with Crippen LogP contribution in [0.2, 0.25) is 0 Å². The second-order valence-electron chi connectivity index (χ2n) is 7.95. The second kappa shape index (κ2) is 9.23. The minimum Gasteiger partial charge on any atom is -0.543 e. The number of para-hydroxylation sites is 2. The fourth-order valence-corrected chi connectivity index (χ4v) is 6.09. The Morgan fingerprint density at radius 1 is 1.39 bits per heavy atom. The van der Waals surface area contributed by atoms with E-state index in [0.29, 0.717) is 11.3 Å². The van der Waals surface area contributed by atoms with Crippen molar-refractivity contribution < 1.29 is 29.0 Å². The number of carbonyl (C=O) groups excluding carboxylic acids is 3. The number of oxime groups is 1. The Balaban J connectivity index is 1.38. The molecule has 2 aromatic heterocycles. The normalized spacial score (nSPS) is 19.8. The zero-order valence-corrected chi connectivity index (χ0v) is 20.7. The number of rotatable bonds is 7. The quantitative estimate of drug-likeness (QED) is 0.158. The van der Waals surface area contributed by atoms with Crippen molar-refractivity contribution in [2.75, 3.05) is 18.6 Å². The third-order valence-electron chi connectivity index (χ3n) is 5.78. The molecule has 1 aromatic carbocycles. The van der Waals surface area contributed by atoms with Crippen LogP contribution in [0.15, 0.2) is 46.1 Å². The summed E-state index contributed by atoms with van der Waals surface area (Å²) in [5, 5.41) is 24.1. The first-order chi connectivity index (χ1) is 17.3. The molecule has 2 amide bonds. The standard InChI is InChI=1S/C21H20N8O5S2/c1-27-12-5-3-4-6-13(12)28(26-27)7-10-8-35-19-15(18(31)29(19)16(10)20(32)33)24-17(30)14(25-34-2)11-9-36-21(22)23-11/h3-6,9,15,19H,7-8H2,1-2H3,(H3-,22,23,24,30,32,33)/b25-14-/t15-,19-/m1/s1. The van der Waals surface area contributed by atoms with Crippen molar-refractivity contribution in [3.05, 3.63) is 46.6 Å². The van der Waals surface area contributed by atoms with Gasteiger partial charge in [-0.2, -0.15) is 0 Å². The zero-order valence-electron chi connectivity index (χ0n) is 19.1. The van der Waals surface area contributed by atoms with E-state index in [2.05, 4.69) is 20.7 Å². The summed E-state index contributed by atoms with van der Waals surface area (Å²) in [7, 11) is 3.07. The lowest BCUT2D eigenvalue weighted by atomic mass is 10.0. The number of nitrogens with zero attached hydrogens (tertiary/aromatic N) is 6. The lowest BCUT2D eigenvalue weighted by Gasteiger charge is -2.50. The van der Waals surface area contributed by atoms with Crippen LogP contribution in [-0.4, -0.2) is 67.6 Å². The van der Waals surface area contributed by atoms with Crippen LogP contribution in [0.1, 0.15) is 5.69 Å². The molecule has 0 spiro atoms. The molecule has 5 rings (SSSR count). The van der Waals surface area contributed by atoms with E-state index in [-0.39, 0.29) is 28.8 Å². The summed E-state index contributed by atoms with van der Waals surface area (Å²) in [6.07, 6.45) is 0. The van der Waals surface area contributed by atoms with Gasteiger partial charge >= 0.3 is 0 Å². The Labute approximate surface area is 212 Å². The number of aryl methyl sites for hydroxylation is 1. The number of β-lactam (4-membered cyclic amide) rings is 1. The number of amides is 2. The van der Waals surface area contributed by atoms with Crippen molar-refractivity contribution in [1.82, 2.24) is 25.1 Å². The summed E-state index contributed by atoms with van der Waals surface area (Å²) in [6, 6.07) is 6.59. The fraction of sp³-hybridized carbons (Fsp3) is 0.286. The second-order valence-corrected chi connectivity index (χ2v) is 9.95. The van der Waals surface area contributed by atoms with E-state index in [4.69, 9.17) is 10.6 Å². The number of hydrogen-bond acceptors (Lipinski definition) is 11. The number of carboxylic acid groups (broad SMARTS) is 1. The van der Waals surface area contributed by atoms with Gasteiger partial charge in [-0.3, -0.25) is 14.5 Å². The lowest BCUT2D eigenvalue weighted by molar-refractivity contribution is -0.709. The first-order valence-electron chi connectivity index (χ1n) is 10.6. The van der Waals surface area contributed by atoms with E-state index < -0.39 is 29.2 Å². The molecule has 186 valence electrons. The molecule has 2 aliphatic rings. The Kier molecular flexibility index (Phi) is 6.09. The molecule has 13 nitrogen and oxygen atoms in total. The molecule has 0 radical (unpaired) electrons. The van der Waals surface area contributed by atoms with Crippen molar-refractivity contribution >= 4 is 62.8 Å². The van der Waals surface area contributed by atoms with Crippen molar-refractivity contribution in [2.45, 2.75) is 18.0 Å². The molecule has 1 saturated heterocycles. The highest BCUT2D eigenvalue weighted by Gasteiger charge is 2.53. The predicted octanol–water partition coefficient (Wildman–Crippen LogP) is -1.65. The molecule has 0 aliphatic carbocycles. The van der Waals surface area contributed by atoms with E-state index >= 15 is 0 Å². The van der Waals surface area contributed by atoms with Crippen LogP contribution < -0.4 is 20.8 Å². The van der Waals surface area contributed by atoms with Crippen molar-refractivity contribution in [2.24, 2.45) is 12.2 Å². The van der Waals surface area contributed by atoms with Crippen LogP contribution in [0.25, 0.3) is 11.0 Å². The summed E-state index contributed by atoms with van der Waals surface area (Å²) < 4.78 is 3.38. The van der Waals surface area contributed by atoms with Gasteiger partial charge in [0, 0.05) is 16.7 Å². The maximum atomic E-state index is 13.0. The number of hydrogen-bond donors (Lipinski definition) is 2.